The molecule has 0 aliphatic rings. The van der Waals surface area contributed by atoms with E-state index < -0.39 is 10.0 Å². The molecule has 0 radical (unpaired) electrons. The highest BCUT2D eigenvalue weighted by atomic mass is 32.2. The van der Waals surface area contributed by atoms with Gasteiger partial charge in [0.05, 0.1) is 12.0 Å². The molecule has 27 heavy (non-hydrogen) atoms. The molecule has 0 atom stereocenters. The molecule has 146 valence electrons. The van der Waals surface area contributed by atoms with Crippen molar-refractivity contribution in [3.05, 3.63) is 59.2 Å². The minimum atomic E-state index is -3.62. The van der Waals surface area contributed by atoms with Gasteiger partial charge in [-0.2, -0.15) is 4.31 Å². The number of nitrogens with zero attached hydrogens (tertiary/aromatic N) is 1. The van der Waals surface area contributed by atoms with Crippen LogP contribution in [-0.4, -0.2) is 38.8 Å². The molecule has 0 aliphatic carbocycles. The van der Waals surface area contributed by atoms with Crippen molar-refractivity contribution in [2.75, 3.05) is 20.2 Å². The molecular weight excluding hydrogens is 364 g/mol. The summed E-state index contributed by atoms with van der Waals surface area (Å²) in [5.41, 5.74) is 1.86. The lowest BCUT2D eigenvalue weighted by Gasteiger charge is -2.20. The van der Waals surface area contributed by atoms with Gasteiger partial charge in [0.15, 0.2) is 0 Å². The van der Waals surface area contributed by atoms with Crippen molar-refractivity contribution in [2.24, 2.45) is 0 Å². The van der Waals surface area contributed by atoms with Gasteiger partial charge < -0.3 is 10.1 Å². The van der Waals surface area contributed by atoms with Crippen LogP contribution in [0, 0.1) is 6.92 Å². The van der Waals surface area contributed by atoms with Gasteiger partial charge in [-0.1, -0.05) is 32.0 Å². The zero-order valence-electron chi connectivity index (χ0n) is 16.2. The monoisotopic (exact) mass is 390 g/mol. The van der Waals surface area contributed by atoms with Crippen molar-refractivity contribution in [1.82, 2.24) is 9.62 Å². The number of ether oxygens (including phenoxy) is 1. The number of methoxy groups -OCH3 is 1. The molecule has 2 aromatic carbocycles. The number of amides is 1. The number of rotatable bonds is 8. The number of benzene rings is 2. The maximum Gasteiger partial charge on any atom is 0.251 e. The Labute approximate surface area is 161 Å². The first-order valence-corrected chi connectivity index (χ1v) is 10.3. The number of sulfonamides is 1. The normalized spacial score (nSPS) is 11.4. The zero-order valence-corrected chi connectivity index (χ0v) is 17.0. The highest BCUT2D eigenvalue weighted by Gasteiger charge is 2.24. The molecule has 0 fully saturated rings. The number of hydrogen-bond donors (Lipinski definition) is 1. The van der Waals surface area contributed by atoms with Crippen LogP contribution in [0.15, 0.2) is 47.4 Å². The fourth-order valence-electron chi connectivity index (χ4n) is 2.75. The van der Waals surface area contributed by atoms with Crippen LogP contribution in [-0.2, 0) is 16.6 Å². The van der Waals surface area contributed by atoms with Gasteiger partial charge in [0, 0.05) is 25.2 Å². The first kappa shape index (κ1) is 20.9. The van der Waals surface area contributed by atoms with E-state index >= 15 is 0 Å². The molecule has 7 heteroatoms. The molecule has 1 N–H and O–H groups in total. The molecule has 0 spiro atoms. The van der Waals surface area contributed by atoms with E-state index in [1.165, 1.54) is 10.4 Å². The molecule has 1 amide bonds. The molecule has 2 aromatic rings. The van der Waals surface area contributed by atoms with Gasteiger partial charge in [-0.3, -0.25) is 4.79 Å². The number of aryl methyl sites for hydroxylation is 1. The summed E-state index contributed by atoms with van der Waals surface area (Å²) in [5.74, 6) is 0.427. The van der Waals surface area contributed by atoms with Crippen molar-refractivity contribution in [3.8, 4) is 5.75 Å². The van der Waals surface area contributed by atoms with E-state index in [1.807, 2.05) is 24.3 Å². The fourth-order valence-corrected chi connectivity index (χ4v) is 4.46. The van der Waals surface area contributed by atoms with E-state index in [1.54, 1.807) is 40.0 Å². The van der Waals surface area contributed by atoms with Gasteiger partial charge in [-0.25, -0.2) is 8.42 Å². The molecule has 0 saturated heterocycles. The lowest BCUT2D eigenvalue weighted by molar-refractivity contribution is 0.0950. The van der Waals surface area contributed by atoms with Crippen molar-refractivity contribution in [2.45, 2.75) is 32.2 Å². The Balaban J connectivity index is 2.19. The predicted octanol–water partition coefficient (Wildman–Crippen LogP) is 2.96. The summed E-state index contributed by atoms with van der Waals surface area (Å²) < 4.78 is 32.1. The van der Waals surface area contributed by atoms with E-state index in [-0.39, 0.29) is 10.8 Å². The molecule has 0 unspecified atom stereocenters. The zero-order chi connectivity index (χ0) is 20.0. The van der Waals surface area contributed by atoms with Gasteiger partial charge in [0.1, 0.15) is 5.75 Å². The third kappa shape index (κ3) is 4.87. The smallest absolute Gasteiger partial charge is 0.251 e. The highest BCUT2D eigenvalue weighted by Crippen LogP contribution is 2.21. The lowest BCUT2D eigenvalue weighted by Crippen LogP contribution is -2.31. The SMILES string of the molecule is CCN(CC)S(=O)(=O)c1cc(C(=O)NCc2ccc(OC)cc2)ccc1C. The Morgan fingerprint density at radius 2 is 1.70 bits per heavy atom. The van der Waals surface area contributed by atoms with Crippen LogP contribution in [0.1, 0.15) is 35.3 Å². The first-order valence-electron chi connectivity index (χ1n) is 8.85. The number of carbonyl (C=O) groups is 1. The van der Waals surface area contributed by atoms with E-state index in [2.05, 4.69) is 5.32 Å². The Kier molecular flexibility index (Phi) is 6.98. The topological polar surface area (TPSA) is 75.7 Å². The quantitative estimate of drug-likeness (QED) is 0.752. The van der Waals surface area contributed by atoms with Crippen LogP contribution >= 0.6 is 0 Å². The fraction of sp³-hybridized carbons (Fsp3) is 0.350. The van der Waals surface area contributed by atoms with Gasteiger partial charge in [-0.05, 0) is 42.3 Å². The lowest BCUT2D eigenvalue weighted by atomic mass is 10.1. The Morgan fingerprint density at radius 3 is 2.26 bits per heavy atom. The average molecular weight is 391 g/mol. The first-order chi connectivity index (χ1) is 12.8. The highest BCUT2D eigenvalue weighted by molar-refractivity contribution is 7.89. The van der Waals surface area contributed by atoms with Gasteiger partial charge in [-0.15, -0.1) is 0 Å². The van der Waals surface area contributed by atoms with E-state index in [4.69, 9.17) is 4.74 Å². The minimum absolute atomic E-state index is 0.170. The summed E-state index contributed by atoms with van der Waals surface area (Å²) in [4.78, 5) is 12.7. The molecule has 0 bridgehead atoms. The van der Waals surface area contributed by atoms with Crippen molar-refractivity contribution >= 4 is 15.9 Å². The standard InChI is InChI=1S/C20H26N2O4S/c1-5-22(6-2)27(24,25)19-13-17(10-7-15(19)3)20(23)21-14-16-8-11-18(26-4)12-9-16/h7-13H,5-6,14H2,1-4H3,(H,21,23). The summed E-state index contributed by atoms with van der Waals surface area (Å²) >= 11 is 0. The Hall–Kier alpha value is -2.38. The van der Waals surface area contributed by atoms with Gasteiger partial charge in [0.2, 0.25) is 10.0 Å². The summed E-state index contributed by atoms with van der Waals surface area (Å²) in [6, 6.07) is 12.1. The number of nitrogens with one attached hydrogen (secondary N) is 1. The minimum Gasteiger partial charge on any atom is -0.497 e. The van der Waals surface area contributed by atoms with Crippen LogP contribution in [0.25, 0.3) is 0 Å². The average Bonchev–Trinajstić information content (AvgIpc) is 2.67. The van der Waals surface area contributed by atoms with E-state index in [0.29, 0.717) is 30.8 Å². The van der Waals surface area contributed by atoms with Gasteiger partial charge >= 0.3 is 0 Å². The molecule has 0 heterocycles. The van der Waals surface area contributed by atoms with Gasteiger partial charge in [0.25, 0.3) is 5.91 Å². The van der Waals surface area contributed by atoms with Crippen molar-refractivity contribution in [3.63, 3.8) is 0 Å². The second-order valence-electron chi connectivity index (χ2n) is 6.10. The molecular formula is C20H26N2O4S. The molecule has 2 rings (SSSR count). The summed E-state index contributed by atoms with van der Waals surface area (Å²) in [7, 11) is -2.03. The third-order valence-corrected chi connectivity index (χ3v) is 6.58. The number of hydrogen-bond acceptors (Lipinski definition) is 4. The van der Waals surface area contributed by atoms with Crippen LogP contribution in [0.4, 0.5) is 0 Å². The van der Waals surface area contributed by atoms with Crippen LogP contribution in [0.3, 0.4) is 0 Å². The second kappa shape index (κ2) is 9.01. The van der Waals surface area contributed by atoms with Crippen LogP contribution in [0.2, 0.25) is 0 Å². The van der Waals surface area contributed by atoms with Crippen molar-refractivity contribution < 1.29 is 17.9 Å². The van der Waals surface area contributed by atoms with E-state index in [0.717, 1.165) is 11.3 Å². The van der Waals surface area contributed by atoms with Crippen LogP contribution < -0.4 is 10.1 Å². The third-order valence-electron chi connectivity index (χ3n) is 4.39. The number of carbonyl (C=O) groups excluding carboxylic acids is 1. The summed E-state index contributed by atoms with van der Waals surface area (Å²) in [6.45, 7) is 6.42. The summed E-state index contributed by atoms with van der Waals surface area (Å²) in [6.07, 6.45) is 0. The van der Waals surface area contributed by atoms with E-state index in [9.17, 15) is 13.2 Å². The molecule has 0 aromatic heterocycles. The summed E-state index contributed by atoms with van der Waals surface area (Å²) in [5, 5.41) is 2.82. The predicted molar refractivity (Wildman–Crippen MR) is 105 cm³/mol. The van der Waals surface area contributed by atoms with Crippen LogP contribution in [0.5, 0.6) is 5.75 Å². The Bertz CT molecular complexity index is 889. The largest absolute Gasteiger partial charge is 0.497 e. The maximum absolute atomic E-state index is 12.8. The maximum atomic E-state index is 12.8. The second-order valence-corrected chi connectivity index (χ2v) is 8.01. The molecule has 6 nitrogen and oxygen atoms in total. The Morgan fingerprint density at radius 1 is 1.07 bits per heavy atom. The molecule has 0 aliphatic heterocycles. The molecule has 0 saturated carbocycles. The van der Waals surface area contributed by atoms with Crippen molar-refractivity contribution in [1.29, 1.82) is 0 Å².